The van der Waals surface area contributed by atoms with Crippen molar-refractivity contribution in [1.82, 2.24) is 9.97 Å². The second-order valence-corrected chi connectivity index (χ2v) is 5.04. The Bertz CT molecular complexity index is 751. The Labute approximate surface area is 118 Å². The van der Waals surface area contributed by atoms with E-state index in [2.05, 4.69) is 29.2 Å². The number of hydrogen-bond donors (Lipinski definition) is 0. The van der Waals surface area contributed by atoms with Crippen LogP contribution in [0.15, 0.2) is 48.7 Å². The first-order valence-electron chi connectivity index (χ1n) is 6.58. The number of aryl methyl sites for hydroxylation is 1. The van der Waals surface area contributed by atoms with E-state index < -0.39 is 0 Å². The first-order chi connectivity index (χ1) is 9.65. The molecule has 20 heavy (non-hydrogen) atoms. The molecule has 100 valence electrons. The largest absolute Gasteiger partial charge is 0.357 e. The molecule has 3 rings (SSSR count). The van der Waals surface area contributed by atoms with Gasteiger partial charge in [0, 0.05) is 25.7 Å². The van der Waals surface area contributed by atoms with Gasteiger partial charge in [0.05, 0.1) is 6.20 Å². The van der Waals surface area contributed by atoms with Gasteiger partial charge in [0.1, 0.15) is 0 Å². The smallest absolute Gasteiger partial charge is 0.286 e. The Morgan fingerprint density at radius 1 is 0.950 bits per heavy atom. The molecule has 3 aromatic rings. The van der Waals surface area contributed by atoms with Crippen molar-refractivity contribution in [2.75, 3.05) is 19.0 Å². The van der Waals surface area contributed by atoms with Crippen LogP contribution in [0, 0.1) is 6.92 Å². The van der Waals surface area contributed by atoms with Gasteiger partial charge in [-0.1, -0.05) is 29.2 Å². The molecule has 0 aliphatic rings. The molecule has 2 heterocycles. The Morgan fingerprint density at radius 2 is 1.70 bits per heavy atom. The molecular formula is C16H17N4+. The predicted octanol–water partition coefficient (Wildman–Crippen LogP) is 2.26. The topological polar surface area (TPSA) is 33.1 Å². The van der Waals surface area contributed by atoms with E-state index in [-0.39, 0.29) is 0 Å². The Kier molecular flexibility index (Phi) is 3.06. The summed E-state index contributed by atoms with van der Waals surface area (Å²) in [5, 5.41) is 0. The summed E-state index contributed by atoms with van der Waals surface area (Å²) in [7, 11) is 3.98. The number of nitrogens with zero attached hydrogens (tertiary/aromatic N) is 4. The molecule has 2 aromatic heterocycles. The molecule has 4 nitrogen and oxygen atoms in total. The van der Waals surface area contributed by atoms with Gasteiger partial charge in [-0.15, -0.1) is 4.98 Å². The van der Waals surface area contributed by atoms with Crippen LogP contribution in [0.3, 0.4) is 0 Å². The summed E-state index contributed by atoms with van der Waals surface area (Å²) in [5.41, 5.74) is 3.11. The van der Waals surface area contributed by atoms with Gasteiger partial charge in [0.2, 0.25) is 5.65 Å². The highest BCUT2D eigenvalue weighted by Gasteiger charge is 2.18. The minimum atomic E-state index is 0.748. The second kappa shape index (κ2) is 4.89. The average Bonchev–Trinajstić information content (AvgIpc) is 2.47. The highest BCUT2D eigenvalue weighted by molar-refractivity contribution is 5.57. The number of anilines is 1. The van der Waals surface area contributed by atoms with Crippen molar-refractivity contribution < 1.29 is 4.40 Å². The molecule has 0 aliphatic carbocycles. The van der Waals surface area contributed by atoms with Crippen LogP contribution in [0.25, 0.3) is 17.0 Å². The third kappa shape index (κ3) is 2.20. The maximum Gasteiger partial charge on any atom is 0.357 e. The predicted molar refractivity (Wildman–Crippen MR) is 79.7 cm³/mol. The van der Waals surface area contributed by atoms with E-state index >= 15 is 0 Å². The molecular weight excluding hydrogens is 248 g/mol. The standard InChI is InChI=1S/C16H17N4/c1-12-9-10-14-17-15(13-7-5-4-6-8-13)18-16(19(2)3)20(14)11-12/h4-11H,1-3H3/q+1. The van der Waals surface area contributed by atoms with Crippen LogP contribution in [0.2, 0.25) is 0 Å². The highest BCUT2D eigenvalue weighted by atomic mass is 15.3. The van der Waals surface area contributed by atoms with Crippen LogP contribution in [-0.4, -0.2) is 24.1 Å². The molecule has 0 aliphatic heterocycles. The molecule has 0 saturated heterocycles. The summed E-state index contributed by atoms with van der Waals surface area (Å²) in [6.45, 7) is 2.07. The fourth-order valence-electron chi connectivity index (χ4n) is 2.16. The van der Waals surface area contributed by atoms with Crippen molar-refractivity contribution in [2.24, 2.45) is 0 Å². The van der Waals surface area contributed by atoms with Crippen molar-refractivity contribution in [3.8, 4) is 11.4 Å². The second-order valence-electron chi connectivity index (χ2n) is 5.04. The monoisotopic (exact) mass is 265 g/mol. The molecule has 0 bridgehead atoms. The first kappa shape index (κ1) is 12.5. The number of hydrogen-bond acceptors (Lipinski definition) is 3. The molecule has 0 N–H and O–H groups in total. The Morgan fingerprint density at radius 3 is 2.40 bits per heavy atom. The van der Waals surface area contributed by atoms with E-state index in [1.165, 1.54) is 5.56 Å². The van der Waals surface area contributed by atoms with E-state index in [4.69, 9.17) is 0 Å². The van der Waals surface area contributed by atoms with Gasteiger partial charge < -0.3 is 0 Å². The molecule has 0 amide bonds. The normalized spacial score (nSPS) is 10.8. The maximum absolute atomic E-state index is 4.69. The van der Waals surface area contributed by atoms with Crippen molar-refractivity contribution in [3.63, 3.8) is 0 Å². The highest BCUT2D eigenvalue weighted by Crippen LogP contribution is 2.16. The molecule has 0 radical (unpaired) electrons. The fourth-order valence-corrected chi connectivity index (χ4v) is 2.16. The molecule has 0 fully saturated rings. The number of fused-ring (bicyclic) bond motifs is 1. The van der Waals surface area contributed by atoms with E-state index in [1.54, 1.807) is 0 Å². The third-order valence-corrected chi connectivity index (χ3v) is 3.15. The SMILES string of the molecule is Cc1ccc2nc(-c3ccccc3)nc(N(C)C)[n+]2c1. The number of rotatable bonds is 2. The number of pyridine rings is 1. The van der Waals surface area contributed by atoms with Crippen molar-refractivity contribution in [2.45, 2.75) is 6.92 Å². The maximum atomic E-state index is 4.69. The number of aromatic nitrogens is 3. The summed E-state index contributed by atoms with van der Waals surface area (Å²) < 4.78 is 2.02. The van der Waals surface area contributed by atoms with Crippen molar-refractivity contribution in [3.05, 3.63) is 54.2 Å². The Hall–Kier alpha value is -2.49. The summed E-state index contributed by atoms with van der Waals surface area (Å²) >= 11 is 0. The Balaban J connectivity index is 2.29. The minimum Gasteiger partial charge on any atom is -0.286 e. The zero-order valence-corrected chi connectivity index (χ0v) is 11.9. The molecule has 0 atom stereocenters. The van der Waals surface area contributed by atoms with Crippen LogP contribution in [-0.2, 0) is 0 Å². The zero-order chi connectivity index (χ0) is 14.1. The van der Waals surface area contributed by atoms with Crippen LogP contribution in [0.4, 0.5) is 5.95 Å². The van der Waals surface area contributed by atoms with E-state index in [0.717, 1.165) is 23.0 Å². The minimum absolute atomic E-state index is 0.748. The van der Waals surface area contributed by atoms with Crippen molar-refractivity contribution >= 4 is 11.6 Å². The molecule has 0 unspecified atom stereocenters. The molecule has 0 saturated carbocycles. The van der Waals surface area contributed by atoms with Gasteiger partial charge >= 0.3 is 5.95 Å². The summed E-state index contributed by atoms with van der Waals surface area (Å²) in [4.78, 5) is 11.3. The average molecular weight is 265 g/mol. The van der Waals surface area contributed by atoms with E-state index in [0.29, 0.717) is 0 Å². The lowest BCUT2D eigenvalue weighted by Gasteiger charge is -2.09. The van der Waals surface area contributed by atoms with Gasteiger partial charge in [-0.3, -0.25) is 4.90 Å². The van der Waals surface area contributed by atoms with Gasteiger partial charge in [0.15, 0.2) is 0 Å². The molecule has 1 aromatic carbocycles. The van der Waals surface area contributed by atoms with Crippen LogP contribution < -0.4 is 9.30 Å². The fraction of sp³-hybridized carbons (Fsp3) is 0.188. The summed E-state index contributed by atoms with van der Waals surface area (Å²) in [5.74, 6) is 1.62. The van der Waals surface area contributed by atoms with Gasteiger partial charge in [-0.25, -0.2) is 0 Å². The van der Waals surface area contributed by atoms with E-state index in [9.17, 15) is 0 Å². The summed E-state index contributed by atoms with van der Waals surface area (Å²) in [6.07, 6.45) is 2.06. The van der Waals surface area contributed by atoms with E-state index in [1.807, 2.05) is 59.8 Å². The lowest BCUT2D eigenvalue weighted by molar-refractivity contribution is -0.504. The quantitative estimate of drug-likeness (QED) is 0.666. The van der Waals surface area contributed by atoms with Crippen LogP contribution in [0.1, 0.15) is 5.56 Å². The van der Waals surface area contributed by atoms with Crippen molar-refractivity contribution in [1.29, 1.82) is 0 Å². The summed E-state index contributed by atoms with van der Waals surface area (Å²) in [6, 6.07) is 14.1. The first-order valence-corrected chi connectivity index (χ1v) is 6.58. The van der Waals surface area contributed by atoms with Gasteiger partial charge in [-0.05, 0) is 24.6 Å². The molecule has 4 heteroatoms. The van der Waals surface area contributed by atoms with Gasteiger partial charge in [-0.2, -0.15) is 4.40 Å². The lowest BCUT2D eigenvalue weighted by Crippen LogP contribution is -2.33. The van der Waals surface area contributed by atoms with Gasteiger partial charge in [0.25, 0.3) is 5.82 Å². The zero-order valence-electron chi connectivity index (χ0n) is 11.9. The third-order valence-electron chi connectivity index (χ3n) is 3.15. The van der Waals surface area contributed by atoms with Crippen LogP contribution in [0.5, 0.6) is 0 Å². The number of benzene rings is 1. The van der Waals surface area contributed by atoms with Crippen LogP contribution >= 0.6 is 0 Å². The molecule has 0 spiro atoms. The lowest BCUT2D eigenvalue weighted by atomic mass is 10.2.